The quantitative estimate of drug-likeness (QED) is 0.191. The van der Waals surface area contributed by atoms with E-state index in [9.17, 15) is 14.7 Å². The lowest BCUT2D eigenvalue weighted by Crippen LogP contribution is -2.47. The molecule has 0 aromatic heterocycles. The monoisotopic (exact) mass is 675 g/mol. The molecule has 2 amide bonds. The summed E-state index contributed by atoms with van der Waals surface area (Å²) in [6, 6.07) is 0. The summed E-state index contributed by atoms with van der Waals surface area (Å²) >= 11 is 0. The number of piperazine rings is 1. The van der Waals surface area contributed by atoms with Crippen LogP contribution in [0.25, 0.3) is 0 Å². The third kappa shape index (κ3) is 10.8. The molecule has 4 fully saturated rings. The number of amides is 2. The second-order valence-corrected chi connectivity index (χ2v) is 15.7. The topological polar surface area (TPSA) is 113 Å². The van der Waals surface area contributed by atoms with Crippen LogP contribution in [0.2, 0.25) is 0 Å². The molecule has 3 heterocycles. The lowest BCUT2D eigenvalue weighted by molar-refractivity contribution is -0.128. The minimum atomic E-state index is -0.535. The summed E-state index contributed by atoms with van der Waals surface area (Å²) < 4.78 is 23.8. The van der Waals surface area contributed by atoms with Crippen LogP contribution in [0.4, 0.5) is 4.79 Å². The van der Waals surface area contributed by atoms with E-state index in [0.717, 1.165) is 71.1 Å². The van der Waals surface area contributed by atoms with Gasteiger partial charge < -0.3 is 39.2 Å². The molecule has 0 bridgehead atoms. The van der Waals surface area contributed by atoms with E-state index < -0.39 is 6.10 Å². The van der Waals surface area contributed by atoms with Crippen LogP contribution in [0.15, 0.2) is 23.8 Å². The first-order valence-corrected chi connectivity index (χ1v) is 18.6. The lowest BCUT2D eigenvalue weighted by atomic mass is 9.82. The third-order valence-electron chi connectivity index (χ3n) is 11.4. The molecule has 1 saturated carbocycles. The number of aliphatic hydroxyl groups is 1. The number of epoxide rings is 1. The summed E-state index contributed by atoms with van der Waals surface area (Å²) in [5, 5.41) is 13.3. The van der Waals surface area contributed by atoms with Gasteiger partial charge in [0.25, 0.3) is 0 Å². The molecular weight excluding hydrogens is 610 g/mol. The molecule has 4 aliphatic rings. The van der Waals surface area contributed by atoms with Crippen molar-refractivity contribution in [3.8, 4) is 0 Å². The van der Waals surface area contributed by atoms with Gasteiger partial charge in [0.05, 0.1) is 42.7 Å². The molecule has 2 N–H and O–H groups in total. The summed E-state index contributed by atoms with van der Waals surface area (Å²) in [6.07, 6.45) is 12.1. The zero-order valence-corrected chi connectivity index (χ0v) is 31.0. The highest BCUT2D eigenvalue weighted by Crippen LogP contribution is 2.47. The number of carbonyl (C=O) groups is 2. The van der Waals surface area contributed by atoms with Gasteiger partial charge in [-0.25, -0.2) is 4.79 Å². The van der Waals surface area contributed by atoms with Crippen LogP contribution in [-0.4, -0.2) is 117 Å². The summed E-state index contributed by atoms with van der Waals surface area (Å²) in [7, 11) is 3.72. The fourth-order valence-electron chi connectivity index (χ4n) is 8.24. The molecule has 0 spiro atoms. The maximum absolute atomic E-state index is 13.1. The largest absolute Gasteiger partial charge is 0.449 e. The Hall–Kier alpha value is -1.98. The number of aliphatic hydroxyl groups excluding tert-OH is 1. The number of likely N-dealkylation sites (N-methyl/N-ethyl adjacent to an activating group) is 1. The van der Waals surface area contributed by atoms with E-state index in [4.69, 9.17) is 18.9 Å². The number of hydrogen-bond acceptors (Lipinski definition) is 8. The van der Waals surface area contributed by atoms with E-state index in [-0.39, 0.29) is 53.9 Å². The van der Waals surface area contributed by atoms with E-state index in [2.05, 4.69) is 70.1 Å². The fraction of sp³-hybridized carbons (Fsp3) is 0.842. The van der Waals surface area contributed by atoms with Crippen LogP contribution in [-0.2, 0) is 23.7 Å². The number of rotatable bonds is 14. The van der Waals surface area contributed by atoms with Gasteiger partial charge in [-0.1, -0.05) is 39.0 Å². The summed E-state index contributed by atoms with van der Waals surface area (Å²) in [4.78, 5) is 29.5. The number of nitrogens with one attached hydrogen (secondary N) is 1. The van der Waals surface area contributed by atoms with Gasteiger partial charge >= 0.3 is 6.09 Å². The highest BCUT2D eigenvalue weighted by molar-refractivity contribution is 5.78. The summed E-state index contributed by atoms with van der Waals surface area (Å²) in [5.74, 6) is 1.34. The average molecular weight is 676 g/mol. The van der Waals surface area contributed by atoms with E-state index >= 15 is 0 Å². The Balaban J connectivity index is 1.15. The van der Waals surface area contributed by atoms with Gasteiger partial charge in [-0.05, 0) is 96.1 Å². The van der Waals surface area contributed by atoms with Gasteiger partial charge in [0, 0.05) is 51.7 Å². The fourth-order valence-corrected chi connectivity index (χ4v) is 8.24. The molecule has 10 heteroatoms. The standard InChI is InChI=1S/C38H65N3O7/c1-25(22-38(6)35(48-38)28(4)34(45-8)29(5)42)10-9-11-26(2)33-27(3)12-17-32(47-33)23-39-36(43)31-15-13-30(14-16-31)24-46-37(44)41-20-18-40(7)19-21-41/h9-11,25,27-35,42H,12-24H2,1-8H3,(H,39,43)/b10-9+,26-11+/t25-,27+,28-,29-,30-,31-,32-,33-,34-,35-,38-/m1/s1. The Morgan fingerprint density at radius 2 is 1.75 bits per heavy atom. The minimum absolute atomic E-state index is 0.00943. The van der Waals surface area contributed by atoms with Gasteiger partial charge in [-0.2, -0.15) is 0 Å². The molecule has 0 unspecified atom stereocenters. The van der Waals surface area contributed by atoms with Crippen molar-refractivity contribution in [1.29, 1.82) is 0 Å². The maximum Gasteiger partial charge on any atom is 0.409 e. The number of hydrogen-bond donors (Lipinski definition) is 2. The molecule has 3 saturated heterocycles. The molecule has 48 heavy (non-hydrogen) atoms. The molecule has 0 radical (unpaired) electrons. The lowest BCUT2D eigenvalue weighted by Gasteiger charge is -2.36. The van der Waals surface area contributed by atoms with Crippen molar-refractivity contribution < 1.29 is 33.6 Å². The molecule has 0 aromatic rings. The molecule has 9 atom stereocenters. The first-order valence-electron chi connectivity index (χ1n) is 18.6. The zero-order valence-electron chi connectivity index (χ0n) is 31.0. The minimum Gasteiger partial charge on any atom is -0.449 e. The van der Waals surface area contributed by atoms with E-state index in [0.29, 0.717) is 30.9 Å². The number of nitrogens with zero attached hydrogens (tertiary/aromatic N) is 2. The van der Waals surface area contributed by atoms with Crippen LogP contribution in [0.5, 0.6) is 0 Å². The maximum atomic E-state index is 13.1. The van der Waals surface area contributed by atoms with Crippen molar-refractivity contribution in [2.24, 2.45) is 29.6 Å². The Labute approximate surface area is 289 Å². The Bertz CT molecular complexity index is 1100. The van der Waals surface area contributed by atoms with Crippen molar-refractivity contribution in [1.82, 2.24) is 15.1 Å². The molecule has 0 aromatic carbocycles. The van der Waals surface area contributed by atoms with Gasteiger partial charge in [0.15, 0.2) is 0 Å². The smallest absolute Gasteiger partial charge is 0.409 e. The molecule has 10 nitrogen and oxygen atoms in total. The normalized spacial score (nSPS) is 34.4. The molecule has 4 rings (SSSR count). The number of ether oxygens (including phenoxy) is 4. The van der Waals surface area contributed by atoms with E-state index in [1.165, 1.54) is 5.57 Å². The SMILES string of the molecule is CO[C@H]([C@@H](C)[C@H]1O[C@]1(C)C[C@H](C)/C=C/C=C(\C)[C@H]1O[C@@H](CNC(=O)[C@H]2CC[C@H](COC(=O)N3CCN(C)CC3)CC2)CC[C@@H]1C)[C@@H](C)O. The number of methoxy groups -OCH3 is 1. The second-order valence-electron chi connectivity index (χ2n) is 15.7. The first kappa shape index (κ1) is 38.8. The number of allylic oxidation sites excluding steroid dienone is 3. The molecular formula is C38H65N3O7. The Kier molecular flexibility index (Phi) is 14.4. The second kappa shape index (κ2) is 17.8. The van der Waals surface area contributed by atoms with Crippen LogP contribution in [0, 0.1) is 29.6 Å². The van der Waals surface area contributed by atoms with E-state index in [1.807, 2.05) is 0 Å². The Morgan fingerprint density at radius 1 is 1.06 bits per heavy atom. The van der Waals surface area contributed by atoms with Crippen LogP contribution in [0.1, 0.15) is 86.5 Å². The van der Waals surface area contributed by atoms with Gasteiger partial charge in [-0.15, -0.1) is 0 Å². The predicted octanol–water partition coefficient (Wildman–Crippen LogP) is 5.19. The summed E-state index contributed by atoms with van der Waals surface area (Å²) in [6.45, 7) is 16.8. The van der Waals surface area contributed by atoms with Crippen molar-refractivity contribution in [2.75, 3.05) is 53.5 Å². The van der Waals surface area contributed by atoms with Crippen molar-refractivity contribution in [2.45, 2.75) is 123 Å². The first-order chi connectivity index (χ1) is 22.8. The van der Waals surface area contributed by atoms with Crippen LogP contribution < -0.4 is 5.32 Å². The highest BCUT2D eigenvalue weighted by Gasteiger charge is 2.56. The molecule has 1 aliphatic carbocycles. The van der Waals surface area contributed by atoms with Gasteiger partial charge in [-0.3, -0.25) is 4.79 Å². The number of carbonyl (C=O) groups excluding carboxylic acids is 2. The van der Waals surface area contributed by atoms with Crippen LogP contribution >= 0.6 is 0 Å². The van der Waals surface area contributed by atoms with Gasteiger partial charge in [0.1, 0.15) is 0 Å². The van der Waals surface area contributed by atoms with Crippen LogP contribution in [0.3, 0.4) is 0 Å². The zero-order chi connectivity index (χ0) is 35.0. The highest BCUT2D eigenvalue weighted by atomic mass is 16.6. The molecule has 3 aliphatic heterocycles. The average Bonchev–Trinajstić information content (AvgIpc) is 3.73. The van der Waals surface area contributed by atoms with Gasteiger partial charge in [0.2, 0.25) is 5.91 Å². The molecule has 274 valence electrons. The Morgan fingerprint density at radius 3 is 2.40 bits per heavy atom. The predicted molar refractivity (Wildman–Crippen MR) is 188 cm³/mol. The summed E-state index contributed by atoms with van der Waals surface area (Å²) in [5.41, 5.74) is 0.999. The van der Waals surface area contributed by atoms with Crippen molar-refractivity contribution in [3.63, 3.8) is 0 Å². The van der Waals surface area contributed by atoms with Crippen molar-refractivity contribution >= 4 is 12.0 Å². The van der Waals surface area contributed by atoms with Crippen molar-refractivity contribution in [3.05, 3.63) is 23.8 Å². The third-order valence-corrected chi connectivity index (χ3v) is 11.4. The van der Waals surface area contributed by atoms with E-state index in [1.54, 1.807) is 18.9 Å².